The van der Waals surface area contributed by atoms with Gasteiger partial charge in [-0.05, 0) is 57.8 Å². The predicted molar refractivity (Wildman–Crippen MR) is 239 cm³/mol. The van der Waals surface area contributed by atoms with E-state index in [1.165, 1.54) is 51.4 Å². The van der Waals surface area contributed by atoms with Crippen LogP contribution in [0.25, 0.3) is 0 Å². The molecular formula is C49H86O12. The highest BCUT2D eigenvalue weighted by molar-refractivity contribution is 5.74. The highest BCUT2D eigenvalue weighted by atomic mass is 16.7. The molecule has 0 radical (unpaired) electrons. The van der Waals surface area contributed by atoms with Crippen molar-refractivity contribution in [2.75, 3.05) is 13.2 Å². The Labute approximate surface area is 368 Å². The number of ether oxygens (including phenoxy) is 5. The lowest BCUT2D eigenvalue weighted by Gasteiger charge is -2.40. The molecule has 0 spiro atoms. The minimum Gasteiger partial charge on any atom is -0.479 e. The highest BCUT2D eigenvalue weighted by Crippen LogP contribution is 2.26. The second-order valence-corrected chi connectivity index (χ2v) is 16.7. The number of allylic oxidation sites excluding steroid dienone is 4. The van der Waals surface area contributed by atoms with E-state index in [2.05, 4.69) is 45.1 Å². The maximum Gasteiger partial charge on any atom is 0.335 e. The molecule has 0 aliphatic carbocycles. The Bertz CT molecular complexity index is 1170. The van der Waals surface area contributed by atoms with Crippen molar-refractivity contribution in [1.29, 1.82) is 0 Å². The molecule has 0 amide bonds. The summed E-state index contributed by atoms with van der Waals surface area (Å²) in [4.78, 5) is 50.5. The molecule has 354 valence electrons. The average molecular weight is 867 g/mol. The van der Waals surface area contributed by atoms with Crippen molar-refractivity contribution in [1.82, 2.24) is 0 Å². The van der Waals surface area contributed by atoms with E-state index in [0.29, 0.717) is 19.3 Å². The average Bonchev–Trinajstić information content (AvgIpc) is 3.24. The molecule has 3 N–H and O–H groups in total. The van der Waals surface area contributed by atoms with Crippen molar-refractivity contribution >= 4 is 23.9 Å². The predicted octanol–water partition coefficient (Wildman–Crippen LogP) is 10.8. The second kappa shape index (κ2) is 38.8. The van der Waals surface area contributed by atoms with Gasteiger partial charge in [0.2, 0.25) is 0 Å². The van der Waals surface area contributed by atoms with E-state index in [1.54, 1.807) is 0 Å². The summed E-state index contributed by atoms with van der Waals surface area (Å²) in [6.45, 7) is 5.83. The van der Waals surface area contributed by atoms with Gasteiger partial charge in [-0.15, -0.1) is 0 Å². The van der Waals surface area contributed by atoms with Crippen molar-refractivity contribution in [3.05, 3.63) is 24.3 Å². The number of carboxylic acid groups (broad SMARTS) is 1. The van der Waals surface area contributed by atoms with Gasteiger partial charge in [-0.1, -0.05) is 161 Å². The van der Waals surface area contributed by atoms with Gasteiger partial charge in [0.25, 0.3) is 0 Å². The third-order valence-electron chi connectivity index (χ3n) is 11.0. The van der Waals surface area contributed by atoms with Crippen LogP contribution in [-0.2, 0) is 42.9 Å². The first-order valence-electron chi connectivity index (χ1n) is 24.3. The number of carbonyl (C=O) groups is 4. The lowest BCUT2D eigenvalue weighted by Crippen LogP contribution is -2.61. The molecule has 6 atom stereocenters. The van der Waals surface area contributed by atoms with Gasteiger partial charge < -0.3 is 39.0 Å². The number of aliphatic hydroxyl groups is 2. The fourth-order valence-corrected chi connectivity index (χ4v) is 7.15. The van der Waals surface area contributed by atoms with E-state index in [1.807, 2.05) is 0 Å². The quantitative estimate of drug-likeness (QED) is 0.0230. The molecule has 1 saturated heterocycles. The van der Waals surface area contributed by atoms with Crippen LogP contribution >= 0.6 is 0 Å². The Morgan fingerprint density at radius 2 is 0.951 bits per heavy atom. The molecule has 1 aliphatic heterocycles. The Kier molecular flexibility index (Phi) is 35.8. The van der Waals surface area contributed by atoms with Gasteiger partial charge in [-0.25, -0.2) is 4.79 Å². The van der Waals surface area contributed by atoms with Gasteiger partial charge in [0, 0.05) is 19.3 Å². The van der Waals surface area contributed by atoms with Crippen molar-refractivity contribution in [3.8, 4) is 0 Å². The Balaban J connectivity index is 2.77. The zero-order chi connectivity index (χ0) is 44.8. The van der Waals surface area contributed by atoms with Crippen LogP contribution in [0.15, 0.2) is 24.3 Å². The number of esters is 3. The second-order valence-electron chi connectivity index (χ2n) is 16.7. The van der Waals surface area contributed by atoms with Crippen molar-refractivity contribution in [2.45, 2.75) is 250 Å². The minimum absolute atomic E-state index is 0.0625. The topological polar surface area (TPSA) is 175 Å². The smallest absolute Gasteiger partial charge is 0.335 e. The van der Waals surface area contributed by atoms with Gasteiger partial charge in [0.05, 0.1) is 6.61 Å². The van der Waals surface area contributed by atoms with Crippen molar-refractivity contribution < 1.29 is 58.2 Å². The summed E-state index contributed by atoms with van der Waals surface area (Å²) in [6, 6.07) is 0. The molecule has 1 fully saturated rings. The Hall–Kier alpha value is -2.80. The fraction of sp³-hybridized carbons (Fsp3) is 0.837. The Morgan fingerprint density at radius 1 is 0.525 bits per heavy atom. The normalized spacial score (nSPS) is 19.7. The van der Waals surface area contributed by atoms with E-state index < -0.39 is 67.3 Å². The van der Waals surface area contributed by atoms with E-state index >= 15 is 0 Å². The number of hydrogen-bond acceptors (Lipinski definition) is 11. The van der Waals surface area contributed by atoms with Gasteiger partial charge in [0.1, 0.15) is 18.8 Å². The molecule has 0 aromatic heterocycles. The van der Waals surface area contributed by atoms with E-state index in [9.17, 15) is 34.5 Å². The summed E-state index contributed by atoms with van der Waals surface area (Å²) in [7, 11) is 0. The van der Waals surface area contributed by atoms with Gasteiger partial charge in [-0.2, -0.15) is 0 Å². The number of carbonyl (C=O) groups excluding carboxylic acids is 3. The summed E-state index contributed by atoms with van der Waals surface area (Å²) >= 11 is 0. The lowest BCUT2D eigenvalue weighted by molar-refractivity contribution is -0.301. The molecule has 1 aliphatic rings. The Morgan fingerprint density at radius 3 is 1.44 bits per heavy atom. The van der Waals surface area contributed by atoms with E-state index in [-0.39, 0.29) is 25.9 Å². The molecule has 1 rings (SSSR count). The van der Waals surface area contributed by atoms with Gasteiger partial charge in [-0.3, -0.25) is 14.4 Å². The summed E-state index contributed by atoms with van der Waals surface area (Å²) in [6.07, 6.45) is 27.7. The molecule has 0 aromatic carbocycles. The first kappa shape index (κ1) is 56.2. The molecule has 6 unspecified atom stereocenters. The van der Waals surface area contributed by atoms with E-state index in [0.717, 1.165) is 103 Å². The standard InChI is InChI=1S/C49H86O12/c1-4-7-10-13-16-19-21-24-26-29-32-35-41(50)57-38-40(59-42(51)36-33-30-28-25-22-20-17-14-11-8-5-2)39-58-49-47(45(54)44(53)46(61-49)48(55)56)60-43(52)37-34-31-27-23-18-15-12-9-6-3/h13-14,16-17,40,44-47,49,53-54H,4-12,15,18-39H2,1-3H3,(H,55,56)/b16-13-,17-14-. The molecular weight excluding hydrogens is 781 g/mol. The van der Waals surface area contributed by atoms with Crippen LogP contribution in [-0.4, -0.2) is 89.2 Å². The molecule has 1 heterocycles. The number of aliphatic carboxylic acids is 1. The molecule has 0 saturated carbocycles. The number of hydrogen-bond donors (Lipinski definition) is 3. The monoisotopic (exact) mass is 867 g/mol. The molecule has 61 heavy (non-hydrogen) atoms. The van der Waals surface area contributed by atoms with Crippen LogP contribution in [0, 0.1) is 0 Å². The fourth-order valence-electron chi connectivity index (χ4n) is 7.15. The number of aliphatic hydroxyl groups excluding tert-OH is 2. The zero-order valence-corrected chi connectivity index (χ0v) is 38.4. The maximum absolute atomic E-state index is 13.0. The van der Waals surface area contributed by atoms with Crippen molar-refractivity contribution in [3.63, 3.8) is 0 Å². The summed E-state index contributed by atoms with van der Waals surface area (Å²) in [5, 5.41) is 31.2. The SMILES string of the molecule is CCCC/C=C\CCCCCCCC(=O)OCC(COC1OC(C(=O)O)C(O)C(O)C1OC(=O)CCCCCCCCCCC)OC(=O)CCCCCCC/C=C\CCCC. The first-order chi connectivity index (χ1) is 29.6. The number of carboxylic acids is 1. The molecule has 0 aromatic rings. The number of unbranched alkanes of at least 4 members (excludes halogenated alkanes) is 22. The zero-order valence-electron chi connectivity index (χ0n) is 38.4. The van der Waals surface area contributed by atoms with Crippen LogP contribution in [0.5, 0.6) is 0 Å². The minimum atomic E-state index is -1.90. The van der Waals surface area contributed by atoms with Crippen LogP contribution < -0.4 is 0 Å². The largest absolute Gasteiger partial charge is 0.479 e. The molecule has 12 heteroatoms. The van der Waals surface area contributed by atoms with E-state index in [4.69, 9.17) is 23.7 Å². The van der Waals surface area contributed by atoms with Crippen LogP contribution in [0.2, 0.25) is 0 Å². The van der Waals surface area contributed by atoms with Crippen molar-refractivity contribution in [2.24, 2.45) is 0 Å². The van der Waals surface area contributed by atoms with Gasteiger partial charge in [0.15, 0.2) is 24.6 Å². The lowest BCUT2D eigenvalue weighted by atomic mass is 9.98. The van der Waals surface area contributed by atoms with Crippen LogP contribution in [0.3, 0.4) is 0 Å². The molecule has 12 nitrogen and oxygen atoms in total. The third kappa shape index (κ3) is 30.0. The highest BCUT2D eigenvalue weighted by Gasteiger charge is 2.50. The summed E-state index contributed by atoms with van der Waals surface area (Å²) < 4.78 is 28.1. The van der Waals surface area contributed by atoms with Gasteiger partial charge >= 0.3 is 23.9 Å². The number of rotatable bonds is 40. The molecule has 0 bridgehead atoms. The van der Waals surface area contributed by atoms with Crippen LogP contribution in [0.1, 0.15) is 213 Å². The summed E-state index contributed by atoms with van der Waals surface area (Å²) in [5.74, 6) is -3.14. The third-order valence-corrected chi connectivity index (χ3v) is 11.0. The maximum atomic E-state index is 13.0. The first-order valence-corrected chi connectivity index (χ1v) is 24.3. The summed E-state index contributed by atoms with van der Waals surface area (Å²) in [5.41, 5.74) is 0. The van der Waals surface area contributed by atoms with Crippen LogP contribution in [0.4, 0.5) is 0 Å².